The Morgan fingerprint density at radius 1 is 1.04 bits per heavy atom. The summed E-state index contributed by atoms with van der Waals surface area (Å²) in [5.74, 6) is 0.802. The van der Waals surface area contributed by atoms with E-state index in [4.69, 9.17) is 21.7 Å². The molecule has 3 aromatic carbocycles. The molecule has 3 rings (SSSR count). The van der Waals surface area contributed by atoms with Crippen LogP contribution in [0.15, 0.2) is 60.7 Å². The van der Waals surface area contributed by atoms with Crippen LogP contribution in [0.2, 0.25) is 5.02 Å². The number of ether oxygens (including phenoxy) is 1. The lowest BCUT2D eigenvalue weighted by molar-refractivity contribution is 0.230. The van der Waals surface area contributed by atoms with E-state index in [1.165, 1.54) is 6.21 Å². The molecule has 3 aromatic rings. The molecule has 0 aromatic heterocycles. The molecule has 0 bridgehead atoms. The van der Waals surface area contributed by atoms with Crippen molar-refractivity contribution in [2.75, 3.05) is 19.8 Å². The largest absolute Gasteiger partial charge is 0.492 e. The van der Waals surface area contributed by atoms with Gasteiger partial charge in [0.25, 0.3) is 0 Å². The lowest BCUT2D eigenvalue weighted by Gasteiger charge is -2.17. The molecule has 0 aliphatic carbocycles. The molecule has 0 aliphatic heterocycles. The third-order valence-corrected chi connectivity index (χ3v) is 4.73. The van der Waals surface area contributed by atoms with Gasteiger partial charge in [-0.2, -0.15) is 0 Å². The Morgan fingerprint density at radius 2 is 1.78 bits per heavy atom. The maximum atomic E-state index is 9.61. The molecule has 0 saturated heterocycles. The summed E-state index contributed by atoms with van der Waals surface area (Å²) in [5, 5.41) is 23.2. The fourth-order valence-electron chi connectivity index (χ4n) is 3.08. The number of halogens is 1. The van der Waals surface area contributed by atoms with Crippen molar-refractivity contribution in [2.24, 2.45) is 0 Å². The molecule has 1 atom stereocenters. The lowest BCUT2D eigenvalue weighted by Crippen LogP contribution is -2.37. The molecule has 0 heterocycles. The van der Waals surface area contributed by atoms with Crippen molar-refractivity contribution in [3.8, 4) is 5.75 Å². The molecule has 0 saturated carbocycles. The zero-order valence-electron chi connectivity index (χ0n) is 15.0. The molecule has 3 N–H and O–H groups in total. The molecule has 5 heteroatoms. The summed E-state index contributed by atoms with van der Waals surface area (Å²) in [6, 6.07) is 19.4. The lowest BCUT2D eigenvalue weighted by atomic mass is 10.0. The normalized spacial score (nSPS) is 12.1. The minimum atomic E-state index is -0.0354. The van der Waals surface area contributed by atoms with Crippen LogP contribution in [-0.2, 0) is 6.42 Å². The maximum absolute atomic E-state index is 9.61. The minimum Gasteiger partial charge on any atom is -0.492 e. The van der Waals surface area contributed by atoms with E-state index in [0.29, 0.717) is 18.2 Å². The van der Waals surface area contributed by atoms with E-state index >= 15 is 0 Å². The molecular weight excluding hydrogens is 360 g/mol. The quantitative estimate of drug-likeness (QED) is 0.386. The number of hydrogen-bond acceptors (Lipinski definition) is 4. The van der Waals surface area contributed by atoms with Gasteiger partial charge in [-0.05, 0) is 41.6 Å². The van der Waals surface area contributed by atoms with Crippen LogP contribution in [0.4, 0.5) is 0 Å². The first-order valence-corrected chi connectivity index (χ1v) is 9.33. The van der Waals surface area contributed by atoms with E-state index in [1.807, 2.05) is 60.7 Å². The molecule has 1 unspecified atom stereocenters. The molecular formula is C22H23ClN2O2. The Morgan fingerprint density at radius 3 is 2.48 bits per heavy atom. The van der Waals surface area contributed by atoms with Crippen LogP contribution < -0.4 is 10.1 Å². The predicted molar refractivity (Wildman–Crippen MR) is 111 cm³/mol. The van der Waals surface area contributed by atoms with Gasteiger partial charge in [0.2, 0.25) is 0 Å². The van der Waals surface area contributed by atoms with Gasteiger partial charge in [-0.1, -0.05) is 48.0 Å². The summed E-state index contributed by atoms with van der Waals surface area (Å²) in [6.45, 7) is 1.17. The van der Waals surface area contributed by atoms with Crippen LogP contribution in [0, 0.1) is 5.41 Å². The Kier molecular flexibility index (Phi) is 6.82. The number of hydrogen-bond donors (Lipinski definition) is 3. The zero-order chi connectivity index (χ0) is 19.1. The highest BCUT2D eigenvalue weighted by molar-refractivity contribution is 6.30. The Bertz CT molecular complexity index is 896. The second kappa shape index (κ2) is 9.51. The van der Waals surface area contributed by atoms with Gasteiger partial charge in [0.15, 0.2) is 0 Å². The summed E-state index contributed by atoms with van der Waals surface area (Å²) in [4.78, 5) is 0. The molecule has 0 radical (unpaired) electrons. The van der Waals surface area contributed by atoms with Gasteiger partial charge in [-0.15, -0.1) is 0 Å². The van der Waals surface area contributed by atoms with Gasteiger partial charge >= 0.3 is 0 Å². The second-order valence-corrected chi connectivity index (χ2v) is 6.79. The number of aliphatic hydroxyl groups is 1. The number of aliphatic hydroxyl groups excluding tert-OH is 1. The fourth-order valence-corrected chi connectivity index (χ4v) is 3.20. The molecule has 140 valence electrons. The first kappa shape index (κ1) is 19.4. The average molecular weight is 383 g/mol. The van der Waals surface area contributed by atoms with E-state index in [1.54, 1.807) is 0 Å². The predicted octanol–water partition coefficient (Wildman–Crippen LogP) is 4.06. The van der Waals surface area contributed by atoms with E-state index < -0.39 is 0 Å². The Labute approximate surface area is 164 Å². The molecule has 0 amide bonds. The van der Waals surface area contributed by atoms with Crippen molar-refractivity contribution in [3.63, 3.8) is 0 Å². The van der Waals surface area contributed by atoms with Crippen LogP contribution in [0.5, 0.6) is 5.75 Å². The van der Waals surface area contributed by atoms with Crippen molar-refractivity contribution < 1.29 is 9.84 Å². The summed E-state index contributed by atoms with van der Waals surface area (Å²) < 4.78 is 5.94. The second-order valence-electron chi connectivity index (χ2n) is 6.36. The molecule has 0 fully saturated rings. The van der Waals surface area contributed by atoms with Crippen LogP contribution >= 0.6 is 11.6 Å². The summed E-state index contributed by atoms with van der Waals surface area (Å²) in [5.41, 5.74) is 2.00. The molecule has 27 heavy (non-hydrogen) atoms. The number of benzene rings is 3. The third-order valence-electron chi connectivity index (χ3n) is 4.48. The van der Waals surface area contributed by atoms with Gasteiger partial charge in [0.1, 0.15) is 12.4 Å². The Balaban J connectivity index is 1.55. The first-order valence-electron chi connectivity index (χ1n) is 8.95. The molecule has 0 spiro atoms. The standard InChI is InChI=1S/C22H23ClN2O2/c23-18-8-5-16(6-9-18)13-19(15-26)25-11-12-27-22-10-7-17(14-24)20-3-1-2-4-21(20)22/h1-10,14,19,24-26H,11-13,15H2. The van der Waals surface area contributed by atoms with E-state index in [-0.39, 0.29) is 12.6 Å². The number of rotatable bonds is 9. The van der Waals surface area contributed by atoms with Gasteiger partial charge in [0.05, 0.1) is 6.61 Å². The van der Waals surface area contributed by atoms with Crippen LogP contribution in [0.1, 0.15) is 11.1 Å². The van der Waals surface area contributed by atoms with Crippen molar-refractivity contribution in [1.82, 2.24) is 5.32 Å². The highest BCUT2D eigenvalue weighted by Crippen LogP contribution is 2.27. The summed E-state index contributed by atoms with van der Waals surface area (Å²) in [7, 11) is 0. The van der Waals surface area contributed by atoms with Crippen LogP contribution in [0.25, 0.3) is 10.8 Å². The van der Waals surface area contributed by atoms with E-state index in [2.05, 4.69) is 5.32 Å². The SMILES string of the molecule is N=Cc1ccc(OCCNC(CO)Cc2ccc(Cl)cc2)c2ccccc12. The highest BCUT2D eigenvalue weighted by atomic mass is 35.5. The van der Waals surface area contributed by atoms with Gasteiger partial charge in [-0.25, -0.2) is 0 Å². The smallest absolute Gasteiger partial charge is 0.127 e. The van der Waals surface area contributed by atoms with E-state index in [9.17, 15) is 5.11 Å². The summed E-state index contributed by atoms with van der Waals surface area (Å²) >= 11 is 5.91. The third kappa shape index (κ3) is 5.07. The molecule has 0 aliphatic rings. The van der Waals surface area contributed by atoms with Crippen molar-refractivity contribution in [3.05, 3.63) is 76.8 Å². The maximum Gasteiger partial charge on any atom is 0.127 e. The van der Waals surface area contributed by atoms with Crippen molar-refractivity contribution >= 4 is 28.6 Å². The van der Waals surface area contributed by atoms with Gasteiger partial charge in [-0.3, -0.25) is 0 Å². The average Bonchev–Trinajstić information content (AvgIpc) is 2.71. The summed E-state index contributed by atoms with van der Waals surface area (Å²) in [6.07, 6.45) is 2.08. The monoisotopic (exact) mass is 382 g/mol. The van der Waals surface area contributed by atoms with E-state index in [0.717, 1.165) is 34.1 Å². The fraction of sp³-hybridized carbons (Fsp3) is 0.227. The topological polar surface area (TPSA) is 65.3 Å². The Hall–Kier alpha value is -2.40. The van der Waals surface area contributed by atoms with Gasteiger partial charge in [0, 0.05) is 34.8 Å². The number of nitrogens with one attached hydrogen (secondary N) is 2. The minimum absolute atomic E-state index is 0.0354. The van der Waals surface area contributed by atoms with Crippen LogP contribution in [0.3, 0.4) is 0 Å². The number of fused-ring (bicyclic) bond motifs is 1. The van der Waals surface area contributed by atoms with Crippen LogP contribution in [-0.4, -0.2) is 37.1 Å². The first-order chi connectivity index (χ1) is 13.2. The van der Waals surface area contributed by atoms with Gasteiger partial charge < -0.3 is 20.6 Å². The van der Waals surface area contributed by atoms with Crippen molar-refractivity contribution in [2.45, 2.75) is 12.5 Å². The van der Waals surface area contributed by atoms with Crippen molar-refractivity contribution in [1.29, 1.82) is 5.41 Å². The highest BCUT2D eigenvalue weighted by Gasteiger charge is 2.09. The molecule has 4 nitrogen and oxygen atoms in total. The zero-order valence-corrected chi connectivity index (χ0v) is 15.7.